The van der Waals surface area contributed by atoms with Crippen LogP contribution in [0.2, 0.25) is 10.0 Å². The molecule has 0 aliphatic rings. The van der Waals surface area contributed by atoms with Crippen molar-refractivity contribution in [2.45, 2.75) is 6.18 Å². The lowest BCUT2D eigenvalue weighted by Gasteiger charge is -2.14. The van der Waals surface area contributed by atoms with Crippen molar-refractivity contribution in [2.75, 3.05) is 5.32 Å². The zero-order valence-electron chi connectivity index (χ0n) is 12.2. The number of alkyl halides is 3. The molecule has 0 bridgehead atoms. The molecule has 0 unspecified atom stereocenters. The monoisotopic (exact) mass is 407 g/mol. The van der Waals surface area contributed by atoms with E-state index in [1.54, 1.807) is 0 Å². The molecule has 0 saturated heterocycles. The van der Waals surface area contributed by atoms with Gasteiger partial charge in [0.25, 0.3) is 0 Å². The SMILES string of the molecule is Oc1c(Cl)cc(Cl)cc1/C=N/NC(=S)Nc1ccccc1C(F)(F)F. The maximum Gasteiger partial charge on any atom is 0.418 e. The molecule has 0 fully saturated rings. The van der Waals surface area contributed by atoms with Crippen molar-refractivity contribution in [2.24, 2.45) is 5.10 Å². The number of phenols is 1. The molecule has 25 heavy (non-hydrogen) atoms. The predicted molar refractivity (Wildman–Crippen MR) is 96.5 cm³/mol. The number of nitrogens with one attached hydrogen (secondary N) is 2. The molecule has 4 nitrogen and oxygen atoms in total. The van der Waals surface area contributed by atoms with Gasteiger partial charge >= 0.3 is 6.18 Å². The van der Waals surface area contributed by atoms with Crippen molar-refractivity contribution in [3.63, 3.8) is 0 Å². The van der Waals surface area contributed by atoms with E-state index in [0.717, 1.165) is 6.07 Å². The van der Waals surface area contributed by atoms with Gasteiger partial charge in [0, 0.05) is 10.6 Å². The minimum atomic E-state index is -4.52. The number of halogens is 5. The summed E-state index contributed by atoms with van der Waals surface area (Å²) in [6.07, 6.45) is -3.34. The van der Waals surface area contributed by atoms with Crippen LogP contribution in [0.4, 0.5) is 18.9 Å². The molecule has 0 saturated carbocycles. The fourth-order valence-electron chi connectivity index (χ4n) is 1.83. The molecule has 0 radical (unpaired) electrons. The summed E-state index contributed by atoms with van der Waals surface area (Å²) in [5.74, 6) is -0.238. The third-order valence-electron chi connectivity index (χ3n) is 2.91. The van der Waals surface area contributed by atoms with Gasteiger partial charge < -0.3 is 10.4 Å². The van der Waals surface area contributed by atoms with Gasteiger partial charge in [-0.05, 0) is 36.5 Å². The van der Waals surface area contributed by atoms with Crippen molar-refractivity contribution < 1.29 is 18.3 Å². The van der Waals surface area contributed by atoms with Crippen molar-refractivity contribution in [1.82, 2.24) is 5.43 Å². The molecule has 0 aliphatic heterocycles. The van der Waals surface area contributed by atoms with E-state index in [4.69, 9.17) is 35.4 Å². The van der Waals surface area contributed by atoms with Gasteiger partial charge in [-0.1, -0.05) is 35.3 Å². The van der Waals surface area contributed by atoms with E-state index in [9.17, 15) is 18.3 Å². The van der Waals surface area contributed by atoms with Crippen molar-refractivity contribution in [3.05, 3.63) is 57.6 Å². The number of nitrogens with zero attached hydrogens (tertiary/aromatic N) is 1. The summed E-state index contributed by atoms with van der Waals surface area (Å²) >= 11 is 16.5. The topological polar surface area (TPSA) is 56.7 Å². The number of rotatable bonds is 3. The van der Waals surface area contributed by atoms with E-state index in [1.165, 1.54) is 36.5 Å². The number of benzene rings is 2. The number of hydrogen-bond acceptors (Lipinski definition) is 3. The van der Waals surface area contributed by atoms with Gasteiger partial charge in [-0.3, -0.25) is 5.43 Å². The number of anilines is 1. The Kier molecular flexibility index (Phi) is 6.10. The Labute approximate surface area is 156 Å². The van der Waals surface area contributed by atoms with Crippen LogP contribution in [0, 0.1) is 0 Å². The van der Waals surface area contributed by atoms with Crippen LogP contribution in [0.1, 0.15) is 11.1 Å². The van der Waals surface area contributed by atoms with Crippen molar-refractivity contribution >= 4 is 52.4 Å². The quantitative estimate of drug-likeness (QED) is 0.379. The number of para-hydroxylation sites is 1. The molecule has 3 N–H and O–H groups in total. The summed E-state index contributed by atoms with van der Waals surface area (Å²) in [4.78, 5) is 0. The van der Waals surface area contributed by atoms with Crippen molar-refractivity contribution in [1.29, 1.82) is 0 Å². The molecule has 2 aromatic carbocycles. The van der Waals surface area contributed by atoms with Crippen LogP contribution < -0.4 is 10.7 Å². The minimum Gasteiger partial charge on any atom is -0.506 e. The smallest absolute Gasteiger partial charge is 0.418 e. The molecule has 2 aromatic rings. The van der Waals surface area contributed by atoms with E-state index in [-0.39, 0.29) is 32.2 Å². The summed E-state index contributed by atoms with van der Waals surface area (Å²) in [5, 5.41) is 16.1. The van der Waals surface area contributed by atoms with E-state index in [1.807, 2.05) is 0 Å². The molecule has 0 aromatic heterocycles. The van der Waals surface area contributed by atoms with Gasteiger partial charge in [0.15, 0.2) is 5.11 Å². The first-order chi connectivity index (χ1) is 11.7. The number of hydrogen-bond donors (Lipinski definition) is 3. The minimum absolute atomic E-state index is 0.0359. The summed E-state index contributed by atoms with van der Waals surface area (Å²) in [6, 6.07) is 7.64. The first-order valence-electron chi connectivity index (χ1n) is 6.63. The Morgan fingerprint density at radius 3 is 2.56 bits per heavy atom. The Morgan fingerprint density at radius 2 is 1.88 bits per heavy atom. The number of phenolic OH excluding ortho intramolecular Hbond substituents is 1. The molecule has 0 spiro atoms. The second kappa shape index (κ2) is 7.90. The highest BCUT2D eigenvalue weighted by Crippen LogP contribution is 2.34. The number of hydrazone groups is 1. The van der Waals surface area contributed by atoms with E-state index >= 15 is 0 Å². The normalized spacial score (nSPS) is 11.6. The third kappa shape index (κ3) is 5.22. The molecule has 0 amide bonds. The molecule has 0 heterocycles. The molecule has 2 rings (SSSR count). The predicted octanol–water partition coefficient (Wildman–Crippen LogP) is 5.04. The van der Waals surface area contributed by atoms with Crippen molar-refractivity contribution in [3.8, 4) is 5.75 Å². The van der Waals surface area contributed by atoms with Gasteiger partial charge in [0.2, 0.25) is 0 Å². The fraction of sp³-hybridized carbons (Fsp3) is 0.0667. The zero-order chi connectivity index (χ0) is 18.6. The fourth-order valence-corrected chi connectivity index (χ4v) is 2.51. The lowest BCUT2D eigenvalue weighted by atomic mass is 10.2. The summed E-state index contributed by atoms with van der Waals surface area (Å²) in [5.41, 5.74) is 1.49. The van der Waals surface area contributed by atoms with E-state index < -0.39 is 11.7 Å². The molecule has 10 heteroatoms. The molecule has 0 atom stereocenters. The summed E-state index contributed by atoms with van der Waals surface area (Å²) < 4.78 is 38.7. The van der Waals surface area contributed by atoms with E-state index in [0.29, 0.717) is 0 Å². The van der Waals surface area contributed by atoms with Crippen LogP contribution in [0.5, 0.6) is 5.75 Å². The average molecular weight is 408 g/mol. The van der Waals surface area contributed by atoms with Gasteiger partial charge in [0.1, 0.15) is 5.75 Å². The van der Waals surface area contributed by atoms with Gasteiger partial charge in [-0.15, -0.1) is 0 Å². The molecule has 0 aliphatic carbocycles. The van der Waals surface area contributed by atoms with Crippen LogP contribution in [0.3, 0.4) is 0 Å². The lowest BCUT2D eigenvalue weighted by molar-refractivity contribution is -0.136. The summed E-state index contributed by atoms with van der Waals surface area (Å²) in [7, 11) is 0. The summed E-state index contributed by atoms with van der Waals surface area (Å²) in [6.45, 7) is 0. The first kappa shape index (κ1) is 19.3. The maximum absolute atomic E-state index is 12.9. The van der Waals surface area contributed by atoms with Crippen LogP contribution in [0.15, 0.2) is 41.5 Å². The molecular weight excluding hydrogens is 398 g/mol. The Balaban J connectivity index is 2.08. The first-order valence-corrected chi connectivity index (χ1v) is 7.79. The maximum atomic E-state index is 12.9. The van der Waals surface area contributed by atoms with Crippen LogP contribution in [-0.2, 0) is 6.18 Å². The Hall–Kier alpha value is -2.03. The van der Waals surface area contributed by atoms with Crippen LogP contribution in [0.25, 0.3) is 0 Å². The molecule has 132 valence electrons. The third-order valence-corrected chi connectivity index (χ3v) is 3.61. The van der Waals surface area contributed by atoms with Gasteiger partial charge in [0.05, 0.1) is 22.5 Å². The standard InChI is InChI=1S/C15H10Cl2F3N3OS/c16-9-5-8(13(24)11(17)6-9)7-21-23-14(25)22-12-4-2-1-3-10(12)15(18,19)20/h1-7,24H,(H2,22,23,25)/b21-7+. The number of thiocarbonyl (C=S) groups is 1. The second-order valence-electron chi connectivity index (χ2n) is 4.69. The number of aromatic hydroxyl groups is 1. The highest BCUT2D eigenvalue weighted by Gasteiger charge is 2.33. The zero-order valence-corrected chi connectivity index (χ0v) is 14.6. The molecular formula is C15H10Cl2F3N3OS. The highest BCUT2D eigenvalue weighted by molar-refractivity contribution is 7.80. The average Bonchev–Trinajstić information content (AvgIpc) is 2.51. The highest BCUT2D eigenvalue weighted by atomic mass is 35.5. The Morgan fingerprint density at radius 1 is 1.20 bits per heavy atom. The van der Waals surface area contributed by atoms with Gasteiger partial charge in [-0.25, -0.2) is 0 Å². The van der Waals surface area contributed by atoms with Crippen LogP contribution >= 0.6 is 35.4 Å². The Bertz CT molecular complexity index is 828. The van der Waals surface area contributed by atoms with E-state index in [2.05, 4.69) is 15.8 Å². The second-order valence-corrected chi connectivity index (χ2v) is 5.94. The van der Waals surface area contributed by atoms with Crippen LogP contribution in [-0.4, -0.2) is 16.4 Å². The largest absolute Gasteiger partial charge is 0.506 e. The van der Waals surface area contributed by atoms with Gasteiger partial charge in [-0.2, -0.15) is 18.3 Å². The lowest BCUT2D eigenvalue weighted by Crippen LogP contribution is -2.25.